The van der Waals surface area contributed by atoms with E-state index in [4.69, 9.17) is 16.3 Å². The number of alkyl carbamates (subject to hydrolysis) is 1. The second-order valence-electron chi connectivity index (χ2n) is 10.3. The molecule has 8 nitrogen and oxygen atoms in total. The smallest absolute Gasteiger partial charge is 0.408 e. The SMILES string of the molecule is CC(C)C[C@H](NC(=O)OC1CCCC1Cc1ccccc1)C(=O)N[C@@H](C[C@@H]1CCNC1=O)C(=O)CCl. The Balaban J connectivity index is 1.60. The number of hydrogen-bond donors (Lipinski definition) is 3. The second-order valence-corrected chi connectivity index (χ2v) is 10.6. The first-order valence-electron chi connectivity index (χ1n) is 12.9. The number of ether oxygens (including phenoxy) is 1. The lowest BCUT2D eigenvalue weighted by molar-refractivity contribution is -0.129. The second kappa shape index (κ2) is 13.6. The van der Waals surface area contributed by atoms with Gasteiger partial charge in [0.05, 0.1) is 11.9 Å². The van der Waals surface area contributed by atoms with E-state index < -0.39 is 24.1 Å². The number of rotatable bonds is 12. The first kappa shape index (κ1) is 28.0. The van der Waals surface area contributed by atoms with Crippen LogP contribution < -0.4 is 16.0 Å². The molecule has 1 aromatic carbocycles. The van der Waals surface area contributed by atoms with Gasteiger partial charge >= 0.3 is 6.09 Å². The number of amides is 3. The molecule has 0 radical (unpaired) electrons. The van der Waals surface area contributed by atoms with Gasteiger partial charge in [-0.1, -0.05) is 44.2 Å². The number of Topliss-reactive ketones (excluding diaryl/α,β-unsaturated/α-hetero) is 1. The highest BCUT2D eigenvalue weighted by Crippen LogP contribution is 2.31. The number of hydrogen-bond acceptors (Lipinski definition) is 5. The number of carbonyl (C=O) groups excluding carboxylic acids is 4. The Morgan fingerprint density at radius 1 is 1.08 bits per heavy atom. The minimum atomic E-state index is -0.888. The Morgan fingerprint density at radius 3 is 2.47 bits per heavy atom. The summed E-state index contributed by atoms with van der Waals surface area (Å²) in [4.78, 5) is 50.4. The fourth-order valence-corrected chi connectivity index (χ4v) is 5.30. The maximum Gasteiger partial charge on any atom is 0.408 e. The number of nitrogens with one attached hydrogen (secondary N) is 3. The molecule has 1 saturated carbocycles. The van der Waals surface area contributed by atoms with Gasteiger partial charge in [0, 0.05) is 18.4 Å². The molecular formula is C27H38ClN3O5. The van der Waals surface area contributed by atoms with Gasteiger partial charge < -0.3 is 20.7 Å². The van der Waals surface area contributed by atoms with E-state index in [-0.39, 0.29) is 47.8 Å². The van der Waals surface area contributed by atoms with Crippen molar-refractivity contribution in [3.8, 4) is 0 Å². The molecule has 0 aromatic heterocycles. The summed E-state index contributed by atoms with van der Waals surface area (Å²) < 4.78 is 5.78. The van der Waals surface area contributed by atoms with Crippen molar-refractivity contribution < 1.29 is 23.9 Å². The summed E-state index contributed by atoms with van der Waals surface area (Å²) in [6.45, 7) is 4.45. The molecule has 3 amide bonds. The summed E-state index contributed by atoms with van der Waals surface area (Å²) in [5.74, 6) is -1.24. The first-order chi connectivity index (χ1) is 17.3. The minimum absolute atomic E-state index is 0.112. The molecule has 2 unspecified atom stereocenters. The number of ketones is 1. The largest absolute Gasteiger partial charge is 0.446 e. The quantitative estimate of drug-likeness (QED) is 0.366. The van der Waals surface area contributed by atoms with Crippen LogP contribution >= 0.6 is 11.6 Å². The summed E-state index contributed by atoms with van der Waals surface area (Å²) in [7, 11) is 0. The van der Waals surface area contributed by atoms with Gasteiger partial charge in [0.15, 0.2) is 5.78 Å². The summed E-state index contributed by atoms with van der Waals surface area (Å²) in [6, 6.07) is 8.38. The molecule has 2 aliphatic rings. The monoisotopic (exact) mass is 519 g/mol. The van der Waals surface area contributed by atoms with E-state index in [0.29, 0.717) is 19.4 Å². The molecule has 1 aromatic rings. The fourth-order valence-electron chi connectivity index (χ4n) is 5.12. The predicted octanol–water partition coefficient (Wildman–Crippen LogP) is 3.36. The van der Waals surface area contributed by atoms with Crippen molar-refractivity contribution in [3.05, 3.63) is 35.9 Å². The van der Waals surface area contributed by atoms with Crippen LogP contribution in [-0.2, 0) is 25.5 Å². The van der Waals surface area contributed by atoms with Crippen molar-refractivity contribution in [2.45, 2.75) is 77.0 Å². The molecule has 198 valence electrons. The Hall–Kier alpha value is -2.61. The van der Waals surface area contributed by atoms with Crippen LogP contribution in [0.4, 0.5) is 4.79 Å². The average Bonchev–Trinajstić information content (AvgIpc) is 3.46. The summed E-state index contributed by atoms with van der Waals surface area (Å²) in [5, 5.41) is 8.21. The zero-order chi connectivity index (χ0) is 26.1. The molecule has 0 bridgehead atoms. The van der Waals surface area contributed by atoms with Crippen molar-refractivity contribution in [1.82, 2.24) is 16.0 Å². The van der Waals surface area contributed by atoms with Gasteiger partial charge in [-0.15, -0.1) is 11.6 Å². The lowest BCUT2D eigenvalue weighted by Crippen LogP contribution is -2.53. The molecule has 2 fully saturated rings. The van der Waals surface area contributed by atoms with Crippen molar-refractivity contribution in [2.75, 3.05) is 12.4 Å². The summed E-state index contributed by atoms with van der Waals surface area (Å²) >= 11 is 5.78. The Kier molecular flexibility index (Phi) is 10.6. The minimum Gasteiger partial charge on any atom is -0.446 e. The molecule has 1 aliphatic heterocycles. The summed E-state index contributed by atoms with van der Waals surface area (Å²) in [5.41, 5.74) is 1.21. The molecule has 36 heavy (non-hydrogen) atoms. The van der Waals surface area contributed by atoms with Crippen LogP contribution in [0.1, 0.15) is 57.9 Å². The van der Waals surface area contributed by atoms with Gasteiger partial charge in [-0.25, -0.2) is 4.79 Å². The third-order valence-corrected chi connectivity index (χ3v) is 7.29. The molecule has 9 heteroatoms. The molecule has 1 saturated heterocycles. The Labute approximate surface area is 218 Å². The number of alkyl halides is 1. The van der Waals surface area contributed by atoms with E-state index >= 15 is 0 Å². The van der Waals surface area contributed by atoms with Gasteiger partial charge in [0.1, 0.15) is 12.1 Å². The Morgan fingerprint density at radius 2 is 1.83 bits per heavy atom. The van der Waals surface area contributed by atoms with Crippen molar-refractivity contribution in [3.63, 3.8) is 0 Å². The maximum atomic E-state index is 13.2. The molecule has 1 heterocycles. The molecule has 5 atom stereocenters. The van der Waals surface area contributed by atoms with Crippen LogP contribution in [0.3, 0.4) is 0 Å². The highest BCUT2D eigenvalue weighted by atomic mass is 35.5. The third kappa shape index (κ3) is 8.22. The van der Waals surface area contributed by atoms with E-state index in [1.807, 2.05) is 32.0 Å². The Bertz CT molecular complexity index is 910. The maximum absolute atomic E-state index is 13.2. The lowest BCUT2D eigenvalue weighted by atomic mass is 9.95. The zero-order valence-electron chi connectivity index (χ0n) is 21.1. The molecule has 1 aliphatic carbocycles. The van der Waals surface area contributed by atoms with Gasteiger partial charge in [0.2, 0.25) is 11.8 Å². The van der Waals surface area contributed by atoms with Crippen LogP contribution in [0.5, 0.6) is 0 Å². The van der Waals surface area contributed by atoms with Crippen LogP contribution in [0.2, 0.25) is 0 Å². The average molecular weight is 520 g/mol. The van der Waals surface area contributed by atoms with E-state index in [0.717, 1.165) is 25.7 Å². The van der Waals surface area contributed by atoms with E-state index in [9.17, 15) is 19.2 Å². The highest BCUT2D eigenvalue weighted by Gasteiger charge is 2.34. The highest BCUT2D eigenvalue weighted by molar-refractivity contribution is 6.28. The predicted molar refractivity (Wildman–Crippen MR) is 138 cm³/mol. The van der Waals surface area contributed by atoms with Crippen molar-refractivity contribution >= 4 is 35.3 Å². The topological polar surface area (TPSA) is 114 Å². The van der Waals surface area contributed by atoms with Gasteiger partial charge in [-0.3, -0.25) is 14.4 Å². The van der Waals surface area contributed by atoms with Gasteiger partial charge in [0.25, 0.3) is 0 Å². The molecule has 0 spiro atoms. The number of benzene rings is 1. The van der Waals surface area contributed by atoms with Gasteiger partial charge in [-0.2, -0.15) is 0 Å². The standard InChI is InChI=1S/C27H38ClN3O5/c1-17(2)13-22(26(34)30-21(23(32)16-28)15-20-11-12-29-25(20)33)31-27(35)36-24-10-6-9-19(24)14-18-7-4-3-5-8-18/h3-5,7-8,17,19-22,24H,6,9-16H2,1-2H3,(H,29,33)(H,30,34)(H,31,35)/t19?,20-,21-,22-,24?/m0/s1. The number of carbonyl (C=O) groups is 4. The van der Waals surface area contributed by atoms with Crippen LogP contribution in [0.15, 0.2) is 30.3 Å². The third-order valence-electron chi connectivity index (χ3n) is 7.02. The van der Waals surface area contributed by atoms with Gasteiger partial charge in [-0.05, 0) is 56.4 Å². The fraction of sp³-hybridized carbons (Fsp3) is 0.630. The normalized spacial score (nSPS) is 23.1. The van der Waals surface area contributed by atoms with Crippen molar-refractivity contribution in [1.29, 1.82) is 0 Å². The lowest BCUT2D eigenvalue weighted by Gasteiger charge is -2.26. The summed E-state index contributed by atoms with van der Waals surface area (Å²) in [6.07, 6.45) is 3.94. The molecule has 3 rings (SSSR count). The van der Waals surface area contributed by atoms with E-state index in [2.05, 4.69) is 28.1 Å². The van der Waals surface area contributed by atoms with E-state index in [1.54, 1.807) is 0 Å². The number of halogens is 1. The van der Waals surface area contributed by atoms with E-state index in [1.165, 1.54) is 5.56 Å². The van der Waals surface area contributed by atoms with Crippen LogP contribution in [0.25, 0.3) is 0 Å². The molecular weight excluding hydrogens is 482 g/mol. The zero-order valence-corrected chi connectivity index (χ0v) is 21.9. The van der Waals surface area contributed by atoms with Crippen LogP contribution in [-0.4, -0.2) is 54.3 Å². The first-order valence-corrected chi connectivity index (χ1v) is 13.5. The van der Waals surface area contributed by atoms with Crippen molar-refractivity contribution in [2.24, 2.45) is 17.8 Å². The molecule has 3 N–H and O–H groups in total. The van der Waals surface area contributed by atoms with Crippen LogP contribution in [0, 0.1) is 17.8 Å².